The van der Waals surface area contributed by atoms with Gasteiger partial charge in [-0.2, -0.15) is 0 Å². The predicted molar refractivity (Wildman–Crippen MR) is 59.3 cm³/mol. The van der Waals surface area contributed by atoms with Crippen molar-refractivity contribution in [3.05, 3.63) is 29.8 Å². The normalized spacial score (nSPS) is 7.43. The first-order chi connectivity index (χ1) is 6.70. The van der Waals surface area contributed by atoms with Gasteiger partial charge >= 0.3 is 0 Å². The lowest BCUT2D eigenvalue weighted by Crippen LogP contribution is -2.10. The van der Waals surface area contributed by atoms with Crippen molar-refractivity contribution in [2.24, 2.45) is 5.73 Å². The summed E-state index contributed by atoms with van der Waals surface area (Å²) in [4.78, 5) is 10.5. The second-order valence-corrected chi connectivity index (χ2v) is 1.91. The van der Waals surface area contributed by atoms with Gasteiger partial charge in [-0.15, -0.1) is 0 Å². The molecule has 1 amide bonds. The van der Waals surface area contributed by atoms with Crippen molar-refractivity contribution in [3.8, 4) is 5.75 Å². The number of phenolic OH excluding ortho intramolecular Hbond substituents is 1. The van der Waals surface area contributed by atoms with Crippen molar-refractivity contribution < 1.29 is 9.90 Å². The largest absolute Gasteiger partial charge is 0.508 e. The summed E-state index contributed by atoms with van der Waals surface area (Å²) in [7, 11) is 0. The number of phenols is 1. The van der Waals surface area contributed by atoms with Gasteiger partial charge in [0.15, 0.2) is 0 Å². The third kappa shape index (κ3) is 6.06. The molecule has 0 bridgehead atoms. The molecule has 0 fully saturated rings. The third-order valence-electron chi connectivity index (χ3n) is 1.15. The minimum Gasteiger partial charge on any atom is -0.508 e. The second kappa shape index (κ2) is 9.58. The molecule has 0 heterocycles. The summed E-state index contributed by atoms with van der Waals surface area (Å²) >= 11 is 0. The van der Waals surface area contributed by atoms with Crippen LogP contribution in [0.3, 0.4) is 0 Å². The first kappa shape index (κ1) is 15.0. The molecular weight excluding hydrogens is 178 g/mol. The van der Waals surface area contributed by atoms with E-state index in [1.54, 1.807) is 0 Å². The van der Waals surface area contributed by atoms with E-state index in [9.17, 15) is 4.79 Å². The molecule has 3 heteroatoms. The van der Waals surface area contributed by atoms with Crippen LogP contribution in [-0.4, -0.2) is 11.0 Å². The molecule has 0 saturated heterocycles. The first-order valence-corrected chi connectivity index (χ1v) is 4.79. The smallest absolute Gasteiger partial charge is 0.248 e. The van der Waals surface area contributed by atoms with E-state index in [0.29, 0.717) is 5.56 Å². The lowest BCUT2D eigenvalue weighted by molar-refractivity contribution is 0.100. The Morgan fingerprint density at radius 2 is 1.43 bits per heavy atom. The third-order valence-corrected chi connectivity index (χ3v) is 1.15. The lowest BCUT2D eigenvalue weighted by Gasteiger charge is -1.93. The summed E-state index contributed by atoms with van der Waals surface area (Å²) in [6, 6.07) is 5.77. The Labute approximate surface area is 85.6 Å². The van der Waals surface area contributed by atoms with Gasteiger partial charge in [-0.3, -0.25) is 4.79 Å². The molecule has 0 atom stereocenters. The van der Waals surface area contributed by atoms with E-state index in [0.717, 1.165) is 0 Å². The fraction of sp³-hybridized carbons (Fsp3) is 0.364. The Morgan fingerprint density at radius 1 is 1.07 bits per heavy atom. The van der Waals surface area contributed by atoms with Crippen LogP contribution < -0.4 is 5.73 Å². The monoisotopic (exact) mass is 197 g/mol. The number of amides is 1. The van der Waals surface area contributed by atoms with Crippen molar-refractivity contribution in [1.29, 1.82) is 0 Å². The van der Waals surface area contributed by atoms with E-state index in [-0.39, 0.29) is 5.75 Å². The average molecular weight is 197 g/mol. The summed E-state index contributed by atoms with van der Waals surface area (Å²) in [5.41, 5.74) is 5.34. The number of rotatable bonds is 1. The Morgan fingerprint density at radius 3 is 1.71 bits per heavy atom. The topological polar surface area (TPSA) is 63.3 Å². The number of nitrogens with two attached hydrogens (primary N) is 1. The highest BCUT2D eigenvalue weighted by atomic mass is 16.3. The summed E-state index contributed by atoms with van der Waals surface area (Å²) < 4.78 is 0. The van der Waals surface area contributed by atoms with Gasteiger partial charge < -0.3 is 10.8 Å². The van der Waals surface area contributed by atoms with E-state index in [1.165, 1.54) is 24.3 Å². The molecule has 0 unspecified atom stereocenters. The summed E-state index contributed by atoms with van der Waals surface area (Å²) in [6.07, 6.45) is 0. The van der Waals surface area contributed by atoms with E-state index in [1.807, 2.05) is 27.7 Å². The van der Waals surface area contributed by atoms with Crippen LogP contribution in [-0.2, 0) is 0 Å². The van der Waals surface area contributed by atoms with Crippen molar-refractivity contribution in [1.82, 2.24) is 0 Å². The number of carbonyl (C=O) groups is 1. The Hall–Kier alpha value is -1.51. The van der Waals surface area contributed by atoms with Crippen LogP contribution in [0.5, 0.6) is 5.75 Å². The molecule has 1 rings (SSSR count). The predicted octanol–water partition coefficient (Wildman–Crippen LogP) is 2.54. The number of benzene rings is 1. The molecule has 0 spiro atoms. The number of aromatic hydroxyl groups is 1. The minimum absolute atomic E-state index is 0.130. The number of hydrogen-bond donors (Lipinski definition) is 2. The van der Waals surface area contributed by atoms with Crippen LogP contribution in [0.25, 0.3) is 0 Å². The van der Waals surface area contributed by atoms with Gasteiger partial charge in [0.25, 0.3) is 0 Å². The highest BCUT2D eigenvalue weighted by Crippen LogP contribution is 2.08. The van der Waals surface area contributed by atoms with Gasteiger partial charge in [-0.25, -0.2) is 0 Å². The number of hydrogen-bond acceptors (Lipinski definition) is 2. The van der Waals surface area contributed by atoms with Crippen LogP contribution in [0.4, 0.5) is 0 Å². The molecule has 0 aliphatic rings. The van der Waals surface area contributed by atoms with Gasteiger partial charge in [0.2, 0.25) is 5.91 Å². The molecule has 3 nitrogen and oxygen atoms in total. The highest BCUT2D eigenvalue weighted by Gasteiger charge is 1.96. The molecule has 0 saturated carbocycles. The van der Waals surface area contributed by atoms with Crippen LogP contribution in [0, 0.1) is 0 Å². The minimum atomic E-state index is -0.486. The maximum Gasteiger partial charge on any atom is 0.248 e. The SMILES string of the molecule is CC.CC.NC(=O)c1ccc(O)cc1. The summed E-state index contributed by atoms with van der Waals surface area (Å²) in [5, 5.41) is 8.79. The van der Waals surface area contributed by atoms with Crippen LogP contribution in [0.1, 0.15) is 38.1 Å². The van der Waals surface area contributed by atoms with Crippen LogP contribution >= 0.6 is 0 Å². The summed E-state index contributed by atoms with van der Waals surface area (Å²) in [5.74, 6) is -0.356. The number of primary amides is 1. The first-order valence-electron chi connectivity index (χ1n) is 4.79. The molecule has 1 aromatic carbocycles. The molecule has 0 aliphatic heterocycles. The highest BCUT2D eigenvalue weighted by molar-refractivity contribution is 5.92. The second-order valence-electron chi connectivity index (χ2n) is 1.91. The fourth-order valence-corrected chi connectivity index (χ4v) is 0.626. The molecule has 3 N–H and O–H groups in total. The van der Waals surface area contributed by atoms with E-state index >= 15 is 0 Å². The molecule has 80 valence electrons. The van der Waals surface area contributed by atoms with E-state index in [2.05, 4.69) is 0 Å². The van der Waals surface area contributed by atoms with Gasteiger partial charge in [0, 0.05) is 5.56 Å². The zero-order valence-corrected chi connectivity index (χ0v) is 9.24. The molecule has 14 heavy (non-hydrogen) atoms. The zero-order valence-electron chi connectivity index (χ0n) is 9.24. The van der Waals surface area contributed by atoms with Crippen molar-refractivity contribution >= 4 is 5.91 Å². The summed E-state index contributed by atoms with van der Waals surface area (Å²) in [6.45, 7) is 8.00. The quantitative estimate of drug-likeness (QED) is 0.726. The maximum absolute atomic E-state index is 10.5. The molecule has 0 radical (unpaired) electrons. The van der Waals surface area contributed by atoms with Crippen LogP contribution in [0.15, 0.2) is 24.3 Å². The molecule has 0 aromatic heterocycles. The fourth-order valence-electron chi connectivity index (χ4n) is 0.626. The van der Waals surface area contributed by atoms with E-state index in [4.69, 9.17) is 10.8 Å². The van der Waals surface area contributed by atoms with Crippen molar-refractivity contribution in [3.63, 3.8) is 0 Å². The standard InChI is InChI=1S/C7H7NO2.2C2H6/c8-7(10)5-1-3-6(9)4-2-5;2*1-2/h1-4,9H,(H2,8,10);2*1-2H3. The average Bonchev–Trinajstić information content (AvgIpc) is 2.24. The molecular formula is C11H19NO2. The molecule has 0 aliphatic carbocycles. The van der Waals surface area contributed by atoms with Gasteiger partial charge in [0.1, 0.15) is 5.75 Å². The van der Waals surface area contributed by atoms with Gasteiger partial charge in [-0.1, -0.05) is 27.7 Å². The Bertz CT molecular complexity index is 242. The van der Waals surface area contributed by atoms with E-state index < -0.39 is 5.91 Å². The molecule has 1 aromatic rings. The zero-order chi connectivity index (χ0) is 11.6. The van der Waals surface area contributed by atoms with Crippen molar-refractivity contribution in [2.75, 3.05) is 0 Å². The lowest BCUT2D eigenvalue weighted by atomic mass is 10.2. The Balaban J connectivity index is 0. The van der Waals surface area contributed by atoms with Gasteiger partial charge in [-0.05, 0) is 24.3 Å². The van der Waals surface area contributed by atoms with Crippen LogP contribution in [0.2, 0.25) is 0 Å². The Kier molecular flexibility index (Phi) is 10.3. The number of carbonyl (C=O) groups excluding carboxylic acids is 1. The maximum atomic E-state index is 10.5. The van der Waals surface area contributed by atoms with Crippen molar-refractivity contribution in [2.45, 2.75) is 27.7 Å². The van der Waals surface area contributed by atoms with Gasteiger partial charge in [0.05, 0.1) is 0 Å².